The van der Waals surface area contributed by atoms with E-state index in [4.69, 9.17) is 4.74 Å². The highest BCUT2D eigenvalue weighted by molar-refractivity contribution is 7.09. The molecule has 2 amide bonds. The molecule has 4 heterocycles. The van der Waals surface area contributed by atoms with Gasteiger partial charge < -0.3 is 25.3 Å². The zero-order valence-corrected chi connectivity index (χ0v) is 20.0. The Morgan fingerprint density at radius 1 is 1.27 bits per heavy atom. The Labute approximate surface area is 195 Å². The molecular weight excluding hydrogens is 444 g/mol. The van der Waals surface area contributed by atoms with Crippen molar-refractivity contribution in [1.29, 1.82) is 0 Å². The lowest BCUT2D eigenvalue weighted by Crippen LogP contribution is -2.53. The molecule has 1 aliphatic heterocycles. The van der Waals surface area contributed by atoms with Gasteiger partial charge in [-0.15, -0.1) is 0 Å². The summed E-state index contributed by atoms with van der Waals surface area (Å²) < 4.78 is 9.50. The van der Waals surface area contributed by atoms with E-state index in [9.17, 15) is 9.59 Å². The molecule has 0 aliphatic carbocycles. The molecule has 0 radical (unpaired) electrons. The first-order valence-corrected chi connectivity index (χ1v) is 11.5. The van der Waals surface area contributed by atoms with Gasteiger partial charge in [0.1, 0.15) is 29.2 Å². The standard InChI is InChI=1S/C21H28N8O3S/c1-13-26-18(33-28-13)27-17(30)21(11-23-19(31)32-20(2,3)4)6-9-29(10-7-21)16-14-5-8-22-15(14)24-12-25-16/h5,8,12H,6-7,9-11H2,1-4H3,(H,23,31)(H,22,24,25)(H,26,27,28,30). The minimum Gasteiger partial charge on any atom is -0.444 e. The lowest BCUT2D eigenvalue weighted by atomic mass is 9.77. The zero-order chi connectivity index (χ0) is 23.6. The minimum absolute atomic E-state index is 0.155. The van der Waals surface area contributed by atoms with Crippen LogP contribution in [0.2, 0.25) is 0 Å². The molecule has 12 heteroatoms. The Hall–Kier alpha value is -3.28. The lowest BCUT2D eigenvalue weighted by Gasteiger charge is -2.41. The third-order valence-electron chi connectivity index (χ3n) is 5.55. The predicted octanol–water partition coefficient (Wildman–Crippen LogP) is 2.87. The topological polar surface area (TPSA) is 138 Å². The number of rotatable bonds is 5. The van der Waals surface area contributed by atoms with E-state index in [-0.39, 0.29) is 12.5 Å². The highest BCUT2D eigenvalue weighted by Crippen LogP contribution is 2.35. The Morgan fingerprint density at radius 2 is 2.03 bits per heavy atom. The average Bonchev–Trinajstić information content (AvgIpc) is 3.40. The number of carbonyl (C=O) groups excluding carboxylic acids is 2. The summed E-state index contributed by atoms with van der Waals surface area (Å²) in [6.45, 7) is 8.51. The van der Waals surface area contributed by atoms with Crippen molar-refractivity contribution >= 4 is 45.5 Å². The highest BCUT2D eigenvalue weighted by Gasteiger charge is 2.43. The first-order chi connectivity index (χ1) is 15.7. The van der Waals surface area contributed by atoms with Gasteiger partial charge in [0.2, 0.25) is 11.0 Å². The van der Waals surface area contributed by atoms with Crippen molar-refractivity contribution in [3.8, 4) is 0 Å². The number of aromatic nitrogens is 5. The predicted molar refractivity (Wildman–Crippen MR) is 125 cm³/mol. The van der Waals surface area contributed by atoms with E-state index in [2.05, 4.69) is 39.8 Å². The minimum atomic E-state index is -0.822. The lowest BCUT2D eigenvalue weighted by molar-refractivity contribution is -0.126. The molecule has 0 aromatic carbocycles. The SMILES string of the molecule is Cc1nsc(NC(=O)C2(CNC(=O)OC(C)(C)C)CCN(c3ncnc4[nH]ccc34)CC2)n1. The van der Waals surface area contributed by atoms with Gasteiger partial charge >= 0.3 is 6.09 Å². The summed E-state index contributed by atoms with van der Waals surface area (Å²) >= 11 is 1.14. The Kier molecular flexibility index (Phi) is 6.19. The van der Waals surface area contributed by atoms with Gasteiger partial charge in [-0.3, -0.25) is 4.79 Å². The van der Waals surface area contributed by atoms with Crippen LogP contribution in [0, 0.1) is 12.3 Å². The fourth-order valence-corrected chi connectivity index (χ4v) is 4.45. The molecule has 0 bridgehead atoms. The van der Waals surface area contributed by atoms with Crippen LogP contribution >= 0.6 is 11.5 Å². The second-order valence-corrected chi connectivity index (χ2v) is 9.91. The summed E-state index contributed by atoms with van der Waals surface area (Å²) in [5, 5.41) is 7.07. The van der Waals surface area contributed by atoms with Crippen LogP contribution < -0.4 is 15.5 Å². The second kappa shape index (κ2) is 8.93. The van der Waals surface area contributed by atoms with Crippen molar-refractivity contribution in [2.24, 2.45) is 5.41 Å². The van der Waals surface area contributed by atoms with Gasteiger partial charge in [0.25, 0.3) is 0 Å². The first-order valence-electron chi connectivity index (χ1n) is 10.8. The van der Waals surface area contributed by atoms with E-state index in [1.54, 1.807) is 27.7 Å². The maximum Gasteiger partial charge on any atom is 0.407 e. The molecule has 1 fully saturated rings. The molecule has 3 aromatic heterocycles. The number of carbonyl (C=O) groups is 2. The molecule has 4 rings (SSSR count). The monoisotopic (exact) mass is 472 g/mol. The largest absolute Gasteiger partial charge is 0.444 e. The van der Waals surface area contributed by atoms with Crippen LogP contribution in [0.4, 0.5) is 15.7 Å². The number of anilines is 2. The Morgan fingerprint density at radius 3 is 2.70 bits per heavy atom. The number of piperidine rings is 1. The molecule has 0 atom stereocenters. The van der Waals surface area contributed by atoms with Gasteiger partial charge in [0.05, 0.1) is 10.8 Å². The quantitative estimate of drug-likeness (QED) is 0.515. The fourth-order valence-electron chi connectivity index (χ4n) is 3.87. The van der Waals surface area contributed by atoms with Crippen molar-refractivity contribution in [2.75, 3.05) is 29.9 Å². The third-order valence-corrected chi connectivity index (χ3v) is 6.27. The average molecular weight is 473 g/mol. The van der Waals surface area contributed by atoms with Crippen LogP contribution in [0.15, 0.2) is 18.6 Å². The second-order valence-electron chi connectivity index (χ2n) is 9.16. The number of nitrogens with one attached hydrogen (secondary N) is 3. The molecule has 0 unspecified atom stereocenters. The van der Waals surface area contributed by atoms with Gasteiger partial charge in [-0.1, -0.05) is 0 Å². The number of amides is 2. The van der Waals surface area contributed by atoms with Crippen LogP contribution in [0.5, 0.6) is 0 Å². The molecule has 0 saturated carbocycles. The number of H-pyrrole nitrogens is 1. The number of hydrogen-bond donors (Lipinski definition) is 3. The zero-order valence-electron chi connectivity index (χ0n) is 19.1. The van der Waals surface area contributed by atoms with Gasteiger partial charge in [-0.25, -0.2) is 19.7 Å². The summed E-state index contributed by atoms with van der Waals surface area (Å²) in [6.07, 6.45) is 3.85. The summed E-state index contributed by atoms with van der Waals surface area (Å²) in [7, 11) is 0. The number of aryl methyl sites for hydroxylation is 1. The molecule has 176 valence electrons. The van der Waals surface area contributed by atoms with E-state index in [0.29, 0.717) is 36.9 Å². The molecule has 33 heavy (non-hydrogen) atoms. The molecule has 3 aromatic rings. The van der Waals surface area contributed by atoms with Crippen molar-refractivity contribution in [3.63, 3.8) is 0 Å². The van der Waals surface area contributed by atoms with Crippen LogP contribution in [-0.4, -0.2) is 61.5 Å². The van der Waals surface area contributed by atoms with Gasteiger partial charge in [-0.05, 0) is 46.6 Å². The van der Waals surface area contributed by atoms with Gasteiger partial charge in [-0.2, -0.15) is 4.37 Å². The number of hydrogen-bond acceptors (Lipinski definition) is 9. The maximum atomic E-state index is 13.4. The molecule has 11 nitrogen and oxygen atoms in total. The van der Waals surface area contributed by atoms with Gasteiger partial charge in [0.15, 0.2) is 0 Å². The van der Waals surface area contributed by atoms with E-state index < -0.39 is 17.1 Å². The number of nitrogens with zero attached hydrogens (tertiary/aromatic N) is 5. The van der Waals surface area contributed by atoms with E-state index in [1.165, 1.54) is 6.33 Å². The van der Waals surface area contributed by atoms with Crippen molar-refractivity contribution in [2.45, 2.75) is 46.1 Å². The number of alkyl carbamates (subject to hydrolysis) is 1. The molecule has 3 N–H and O–H groups in total. The summed E-state index contributed by atoms with van der Waals surface area (Å²) in [4.78, 5) is 43.9. The summed E-state index contributed by atoms with van der Waals surface area (Å²) in [5.74, 6) is 1.24. The van der Waals surface area contributed by atoms with Crippen molar-refractivity contribution in [3.05, 3.63) is 24.4 Å². The number of ether oxygens (including phenoxy) is 1. The molecule has 1 aliphatic rings. The van der Waals surface area contributed by atoms with Gasteiger partial charge in [0, 0.05) is 37.4 Å². The van der Waals surface area contributed by atoms with Crippen LogP contribution in [0.3, 0.4) is 0 Å². The summed E-state index contributed by atoms with van der Waals surface area (Å²) in [5.41, 5.74) is -0.674. The van der Waals surface area contributed by atoms with E-state index in [0.717, 1.165) is 28.4 Å². The van der Waals surface area contributed by atoms with Crippen molar-refractivity contribution in [1.82, 2.24) is 29.6 Å². The molecular formula is C21H28N8O3S. The van der Waals surface area contributed by atoms with Crippen LogP contribution in [0.25, 0.3) is 11.0 Å². The number of aromatic amines is 1. The molecule has 0 spiro atoms. The molecule has 1 saturated heterocycles. The number of fused-ring (bicyclic) bond motifs is 1. The Balaban J connectivity index is 1.51. The maximum absolute atomic E-state index is 13.4. The van der Waals surface area contributed by atoms with E-state index in [1.807, 2.05) is 12.3 Å². The normalized spacial score (nSPS) is 15.9. The first kappa shape index (κ1) is 22.9. The fraction of sp³-hybridized carbons (Fsp3) is 0.524. The summed E-state index contributed by atoms with van der Waals surface area (Å²) in [6, 6.07) is 1.95. The smallest absolute Gasteiger partial charge is 0.407 e. The third kappa shape index (κ3) is 5.21. The van der Waals surface area contributed by atoms with Crippen LogP contribution in [-0.2, 0) is 9.53 Å². The van der Waals surface area contributed by atoms with Crippen LogP contribution in [0.1, 0.15) is 39.4 Å². The van der Waals surface area contributed by atoms with Crippen molar-refractivity contribution < 1.29 is 14.3 Å². The van der Waals surface area contributed by atoms with E-state index >= 15 is 0 Å². The highest BCUT2D eigenvalue weighted by atomic mass is 32.1. The Bertz CT molecular complexity index is 1140.